The molecule has 0 amide bonds. The van der Waals surface area contributed by atoms with Crippen LogP contribution in [0.15, 0.2) is 18.2 Å². The molecular weight excluding hydrogens is 215 g/mol. The van der Waals surface area contributed by atoms with E-state index in [4.69, 9.17) is 5.73 Å². The molecule has 3 heteroatoms. The zero-order chi connectivity index (χ0) is 13.0. The molecule has 1 aromatic rings. The van der Waals surface area contributed by atoms with Crippen molar-refractivity contribution in [1.29, 1.82) is 0 Å². The third kappa shape index (κ3) is 3.91. The van der Waals surface area contributed by atoms with E-state index < -0.39 is 0 Å². The molecule has 0 atom stereocenters. The molecule has 96 valence electrons. The van der Waals surface area contributed by atoms with Crippen molar-refractivity contribution < 1.29 is 4.39 Å². The molecule has 0 radical (unpaired) electrons. The first-order valence-electron chi connectivity index (χ1n) is 6.20. The quantitative estimate of drug-likeness (QED) is 0.767. The van der Waals surface area contributed by atoms with Crippen LogP contribution in [0.2, 0.25) is 0 Å². The van der Waals surface area contributed by atoms with Crippen molar-refractivity contribution in [2.75, 3.05) is 17.6 Å². The highest BCUT2D eigenvalue weighted by Gasteiger charge is 2.17. The van der Waals surface area contributed by atoms with Gasteiger partial charge < -0.3 is 11.1 Å². The molecule has 3 N–H and O–H groups in total. The Balaban J connectivity index is 2.68. The number of hydrogen-bond acceptors (Lipinski definition) is 2. The van der Waals surface area contributed by atoms with Gasteiger partial charge in [0.1, 0.15) is 5.82 Å². The van der Waals surface area contributed by atoms with E-state index in [9.17, 15) is 4.39 Å². The molecule has 17 heavy (non-hydrogen) atoms. The van der Waals surface area contributed by atoms with Gasteiger partial charge in [0.15, 0.2) is 0 Å². The third-order valence-electron chi connectivity index (χ3n) is 3.26. The van der Waals surface area contributed by atoms with Crippen molar-refractivity contribution in [1.82, 2.24) is 0 Å². The highest BCUT2D eigenvalue weighted by Crippen LogP contribution is 2.24. The zero-order valence-electron chi connectivity index (χ0n) is 11.1. The van der Waals surface area contributed by atoms with Gasteiger partial charge in [-0.05, 0) is 36.0 Å². The van der Waals surface area contributed by atoms with Crippen LogP contribution < -0.4 is 11.1 Å². The molecule has 0 aliphatic rings. The Morgan fingerprint density at radius 3 is 2.29 bits per heavy atom. The van der Waals surface area contributed by atoms with Gasteiger partial charge in [0, 0.05) is 6.54 Å². The molecule has 0 unspecified atom stereocenters. The molecule has 2 nitrogen and oxygen atoms in total. The molecule has 0 aliphatic heterocycles. The fourth-order valence-electron chi connectivity index (χ4n) is 2.15. The lowest BCUT2D eigenvalue weighted by molar-refractivity contribution is 0.304. The van der Waals surface area contributed by atoms with Crippen molar-refractivity contribution in [3.63, 3.8) is 0 Å². The van der Waals surface area contributed by atoms with Crippen LogP contribution in [0.4, 0.5) is 15.8 Å². The van der Waals surface area contributed by atoms with Crippen molar-refractivity contribution in [2.24, 2.45) is 17.8 Å². The normalized spacial score (nSPS) is 11.5. The minimum Gasteiger partial charge on any atom is -0.397 e. The minimum absolute atomic E-state index is 0.257. The summed E-state index contributed by atoms with van der Waals surface area (Å²) in [5.41, 5.74) is 7.08. The zero-order valence-corrected chi connectivity index (χ0v) is 11.1. The van der Waals surface area contributed by atoms with Crippen molar-refractivity contribution in [2.45, 2.75) is 27.7 Å². The average Bonchev–Trinajstić information content (AvgIpc) is 2.22. The summed E-state index contributed by atoms with van der Waals surface area (Å²) >= 11 is 0. The SMILES string of the molecule is CC(C)C(CNc1cc(F)ccc1N)C(C)C. The van der Waals surface area contributed by atoms with Crippen LogP contribution >= 0.6 is 0 Å². The number of rotatable bonds is 5. The number of anilines is 2. The van der Waals surface area contributed by atoms with Crippen molar-refractivity contribution in [3.05, 3.63) is 24.0 Å². The maximum Gasteiger partial charge on any atom is 0.125 e. The van der Waals surface area contributed by atoms with Gasteiger partial charge in [-0.3, -0.25) is 0 Å². The monoisotopic (exact) mass is 238 g/mol. The topological polar surface area (TPSA) is 38.0 Å². The lowest BCUT2D eigenvalue weighted by Gasteiger charge is -2.25. The van der Waals surface area contributed by atoms with Crippen LogP contribution in [-0.4, -0.2) is 6.54 Å². The average molecular weight is 238 g/mol. The van der Waals surface area contributed by atoms with Gasteiger partial charge >= 0.3 is 0 Å². The second-order valence-electron chi connectivity index (χ2n) is 5.26. The molecule has 0 saturated carbocycles. The molecule has 0 saturated heterocycles. The summed E-state index contributed by atoms with van der Waals surface area (Å²) in [6.45, 7) is 9.66. The van der Waals surface area contributed by atoms with Crippen molar-refractivity contribution in [3.8, 4) is 0 Å². The highest BCUT2D eigenvalue weighted by atomic mass is 19.1. The molecule has 0 spiro atoms. The first-order chi connectivity index (χ1) is 7.91. The predicted octanol–water partition coefficient (Wildman–Crippen LogP) is 3.75. The van der Waals surface area contributed by atoms with Gasteiger partial charge in [0.05, 0.1) is 11.4 Å². The van der Waals surface area contributed by atoms with Crippen LogP contribution in [0, 0.1) is 23.6 Å². The molecule has 0 fully saturated rings. The Labute approximate surface area is 103 Å². The number of nitrogens with two attached hydrogens (primary N) is 1. The smallest absolute Gasteiger partial charge is 0.125 e. The maximum absolute atomic E-state index is 13.1. The Kier molecular flexibility index (Phi) is 4.79. The number of hydrogen-bond donors (Lipinski definition) is 2. The van der Waals surface area contributed by atoms with E-state index in [-0.39, 0.29) is 5.82 Å². The first-order valence-corrected chi connectivity index (χ1v) is 6.20. The second-order valence-corrected chi connectivity index (χ2v) is 5.26. The molecule has 0 heterocycles. The van der Waals surface area contributed by atoms with Crippen LogP contribution in [0.25, 0.3) is 0 Å². The van der Waals surface area contributed by atoms with E-state index in [0.717, 1.165) is 6.54 Å². The largest absolute Gasteiger partial charge is 0.397 e. The van der Waals surface area contributed by atoms with Gasteiger partial charge in [-0.15, -0.1) is 0 Å². The molecule has 1 rings (SSSR count). The van der Waals surface area contributed by atoms with E-state index >= 15 is 0 Å². The summed E-state index contributed by atoms with van der Waals surface area (Å²) in [5, 5.41) is 3.25. The summed E-state index contributed by atoms with van der Waals surface area (Å²) in [4.78, 5) is 0. The summed E-state index contributed by atoms with van der Waals surface area (Å²) < 4.78 is 13.1. The summed E-state index contributed by atoms with van der Waals surface area (Å²) in [5.74, 6) is 1.49. The number of nitrogens with one attached hydrogen (secondary N) is 1. The summed E-state index contributed by atoms with van der Waals surface area (Å²) in [6.07, 6.45) is 0. The van der Waals surface area contributed by atoms with Crippen LogP contribution in [0.5, 0.6) is 0 Å². The van der Waals surface area contributed by atoms with Gasteiger partial charge in [-0.1, -0.05) is 27.7 Å². The Morgan fingerprint density at radius 1 is 1.18 bits per heavy atom. The van der Waals surface area contributed by atoms with E-state index in [1.54, 1.807) is 6.07 Å². The summed E-state index contributed by atoms with van der Waals surface area (Å²) in [6, 6.07) is 4.42. The molecule has 0 bridgehead atoms. The predicted molar refractivity (Wildman–Crippen MR) is 72.5 cm³/mol. The molecule has 0 aromatic heterocycles. The van der Waals surface area contributed by atoms with Gasteiger partial charge in [-0.2, -0.15) is 0 Å². The number of halogens is 1. The maximum atomic E-state index is 13.1. The number of benzene rings is 1. The summed E-state index contributed by atoms with van der Waals surface area (Å²) in [7, 11) is 0. The molecule has 0 aliphatic carbocycles. The highest BCUT2D eigenvalue weighted by molar-refractivity contribution is 5.65. The Morgan fingerprint density at radius 2 is 1.76 bits per heavy atom. The van der Waals surface area contributed by atoms with Crippen LogP contribution in [-0.2, 0) is 0 Å². The number of nitrogen functional groups attached to an aromatic ring is 1. The van der Waals surface area contributed by atoms with E-state index in [0.29, 0.717) is 29.1 Å². The third-order valence-corrected chi connectivity index (χ3v) is 3.26. The van der Waals surface area contributed by atoms with Gasteiger partial charge in [0.25, 0.3) is 0 Å². The van der Waals surface area contributed by atoms with Crippen LogP contribution in [0.3, 0.4) is 0 Å². The molecule has 1 aromatic carbocycles. The Bertz CT molecular complexity index is 353. The standard InChI is InChI=1S/C14H23FN2/c1-9(2)12(10(3)4)8-17-14-7-11(15)5-6-13(14)16/h5-7,9-10,12,17H,8,16H2,1-4H3. The fraction of sp³-hybridized carbons (Fsp3) is 0.571. The van der Waals surface area contributed by atoms with Gasteiger partial charge in [-0.25, -0.2) is 4.39 Å². The second kappa shape index (κ2) is 5.89. The fourth-order valence-corrected chi connectivity index (χ4v) is 2.15. The lowest BCUT2D eigenvalue weighted by atomic mass is 9.85. The lowest BCUT2D eigenvalue weighted by Crippen LogP contribution is -2.24. The van der Waals surface area contributed by atoms with E-state index in [2.05, 4.69) is 33.0 Å². The van der Waals surface area contributed by atoms with Gasteiger partial charge in [0.2, 0.25) is 0 Å². The first kappa shape index (κ1) is 13.8. The molecular formula is C14H23FN2. The Hall–Kier alpha value is -1.25. The van der Waals surface area contributed by atoms with E-state index in [1.165, 1.54) is 12.1 Å². The van der Waals surface area contributed by atoms with E-state index in [1.807, 2.05) is 0 Å². The minimum atomic E-state index is -0.257. The van der Waals surface area contributed by atoms with Crippen molar-refractivity contribution >= 4 is 11.4 Å². The van der Waals surface area contributed by atoms with Crippen LogP contribution in [0.1, 0.15) is 27.7 Å².